The van der Waals surface area contributed by atoms with Crippen LogP contribution in [0.2, 0.25) is 5.02 Å². The molecule has 1 saturated heterocycles. The van der Waals surface area contributed by atoms with Crippen LogP contribution in [0.5, 0.6) is 0 Å². The number of carbonyl (C=O) groups is 1. The van der Waals surface area contributed by atoms with Crippen LogP contribution in [0.4, 0.5) is 4.79 Å². The first-order valence-electron chi connectivity index (χ1n) is 9.32. The number of ether oxygens (including phenoxy) is 1. The van der Waals surface area contributed by atoms with E-state index in [0.717, 1.165) is 5.56 Å². The van der Waals surface area contributed by atoms with Crippen LogP contribution in [0.15, 0.2) is 33.8 Å². The van der Waals surface area contributed by atoms with Crippen LogP contribution in [0, 0.1) is 0 Å². The van der Waals surface area contributed by atoms with Crippen LogP contribution in [0.25, 0.3) is 11.4 Å². The molecule has 164 valence electrons. The van der Waals surface area contributed by atoms with Gasteiger partial charge in [-0.25, -0.2) is 9.79 Å². The first kappa shape index (κ1) is 24.2. The lowest BCUT2D eigenvalue weighted by molar-refractivity contribution is 0.0186. The minimum absolute atomic E-state index is 0. The molecule has 2 N–H and O–H groups in total. The molecule has 11 heteroatoms. The third kappa shape index (κ3) is 6.73. The maximum absolute atomic E-state index is 12.1. The molecule has 2 heterocycles. The summed E-state index contributed by atoms with van der Waals surface area (Å²) >= 11 is 5.99. The van der Waals surface area contributed by atoms with Gasteiger partial charge in [0.1, 0.15) is 12.1 Å². The molecular formula is C19H26ClIN6O3. The van der Waals surface area contributed by atoms with E-state index in [4.69, 9.17) is 26.6 Å². The molecule has 3 rings (SSSR count). The van der Waals surface area contributed by atoms with E-state index in [9.17, 15) is 4.79 Å². The van der Waals surface area contributed by atoms with Gasteiger partial charge in [-0.05, 0) is 32.9 Å². The maximum Gasteiger partial charge on any atom is 0.410 e. The summed E-state index contributed by atoms with van der Waals surface area (Å²) in [6, 6.07) is 7.21. The molecule has 0 unspecified atom stereocenters. The van der Waals surface area contributed by atoms with Gasteiger partial charge >= 0.3 is 6.09 Å². The van der Waals surface area contributed by atoms with Gasteiger partial charge in [-0.15, -0.1) is 24.0 Å². The second-order valence-electron chi connectivity index (χ2n) is 7.65. The number of rotatable bonds is 3. The van der Waals surface area contributed by atoms with Crippen molar-refractivity contribution in [3.05, 3.63) is 35.2 Å². The summed E-state index contributed by atoms with van der Waals surface area (Å²) in [5, 5.41) is 4.55. The molecule has 1 aromatic heterocycles. The Morgan fingerprint density at radius 3 is 2.57 bits per heavy atom. The zero-order chi connectivity index (χ0) is 21.0. The van der Waals surface area contributed by atoms with Crippen LogP contribution in [-0.4, -0.2) is 63.8 Å². The fourth-order valence-corrected chi connectivity index (χ4v) is 2.95. The maximum atomic E-state index is 12.1. The van der Waals surface area contributed by atoms with Gasteiger partial charge in [-0.1, -0.05) is 28.9 Å². The van der Waals surface area contributed by atoms with Gasteiger partial charge in [0.25, 0.3) is 0 Å². The van der Waals surface area contributed by atoms with E-state index in [1.165, 1.54) is 0 Å². The number of halogens is 2. The second kappa shape index (κ2) is 10.3. The number of nitrogens with zero attached hydrogens (tertiary/aromatic N) is 5. The quantitative estimate of drug-likeness (QED) is 0.356. The van der Waals surface area contributed by atoms with Crippen molar-refractivity contribution in [2.45, 2.75) is 32.9 Å². The summed E-state index contributed by atoms with van der Waals surface area (Å²) in [5.41, 5.74) is 6.35. The molecule has 2 aromatic rings. The van der Waals surface area contributed by atoms with Gasteiger partial charge in [0.15, 0.2) is 5.96 Å². The van der Waals surface area contributed by atoms with Crippen LogP contribution < -0.4 is 5.73 Å². The van der Waals surface area contributed by atoms with Crippen molar-refractivity contribution in [2.24, 2.45) is 10.7 Å². The summed E-state index contributed by atoms with van der Waals surface area (Å²) in [6.45, 7) is 7.91. The molecule has 0 spiro atoms. The minimum atomic E-state index is -0.511. The Bertz CT molecular complexity index is 890. The molecule has 30 heavy (non-hydrogen) atoms. The lowest BCUT2D eigenvalue weighted by Gasteiger charge is -2.36. The third-order valence-electron chi connectivity index (χ3n) is 4.18. The number of carbonyl (C=O) groups excluding carboxylic acids is 1. The van der Waals surface area contributed by atoms with Crippen molar-refractivity contribution in [3.63, 3.8) is 0 Å². The number of guanidine groups is 1. The molecule has 0 atom stereocenters. The van der Waals surface area contributed by atoms with Crippen molar-refractivity contribution in [1.29, 1.82) is 0 Å². The number of amides is 1. The standard InChI is InChI=1S/C19H25ClN6O3.HI/c1-19(2,3)28-18(27)26-9-7-25(8-10-26)17(21)22-12-15-23-16(24-29-15)13-5-4-6-14(20)11-13;/h4-6,11H,7-10,12H2,1-3H3,(H2,21,22);1H. The van der Waals surface area contributed by atoms with Crippen LogP contribution in [-0.2, 0) is 11.3 Å². The van der Waals surface area contributed by atoms with E-state index < -0.39 is 5.60 Å². The van der Waals surface area contributed by atoms with Gasteiger partial charge in [-0.2, -0.15) is 4.98 Å². The van der Waals surface area contributed by atoms with Crippen molar-refractivity contribution >= 4 is 47.6 Å². The topological polar surface area (TPSA) is 110 Å². The number of hydrogen-bond donors (Lipinski definition) is 1. The average molecular weight is 549 g/mol. The first-order chi connectivity index (χ1) is 13.7. The fourth-order valence-electron chi connectivity index (χ4n) is 2.76. The van der Waals surface area contributed by atoms with Gasteiger partial charge < -0.3 is 24.8 Å². The van der Waals surface area contributed by atoms with Gasteiger partial charge in [0.05, 0.1) is 0 Å². The summed E-state index contributed by atoms with van der Waals surface area (Å²) < 4.78 is 10.6. The summed E-state index contributed by atoms with van der Waals surface area (Å²) in [7, 11) is 0. The molecule has 1 aliphatic heterocycles. The van der Waals surface area contributed by atoms with E-state index in [1.54, 1.807) is 17.0 Å². The number of hydrogen-bond acceptors (Lipinski definition) is 6. The van der Waals surface area contributed by atoms with E-state index in [1.807, 2.05) is 37.8 Å². The van der Waals surface area contributed by atoms with Gasteiger partial charge in [0.2, 0.25) is 11.7 Å². The van der Waals surface area contributed by atoms with E-state index in [2.05, 4.69) is 15.1 Å². The molecule has 1 amide bonds. The first-order valence-corrected chi connectivity index (χ1v) is 9.70. The molecule has 9 nitrogen and oxygen atoms in total. The van der Waals surface area contributed by atoms with Crippen molar-refractivity contribution in [1.82, 2.24) is 19.9 Å². The fraction of sp³-hybridized carbons (Fsp3) is 0.474. The number of benzene rings is 1. The lowest BCUT2D eigenvalue weighted by Crippen LogP contribution is -2.53. The van der Waals surface area contributed by atoms with Gasteiger partial charge in [0, 0.05) is 36.8 Å². The highest BCUT2D eigenvalue weighted by atomic mass is 127. The van der Waals surface area contributed by atoms with E-state index in [-0.39, 0.29) is 36.6 Å². The summed E-state index contributed by atoms with van der Waals surface area (Å²) in [5.74, 6) is 1.17. The van der Waals surface area contributed by atoms with Crippen LogP contribution in [0.1, 0.15) is 26.7 Å². The number of aromatic nitrogens is 2. The Kier molecular flexibility index (Phi) is 8.30. The van der Waals surface area contributed by atoms with E-state index >= 15 is 0 Å². The van der Waals surface area contributed by atoms with Crippen molar-refractivity contribution < 1.29 is 14.1 Å². The van der Waals surface area contributed by atoms with Crippen molar-refractivity contribution in [2.75, 3.05) is 26.2 Å². The highest BCUT2D eigenvalue weighted by Crippen LogP contribution is 2.20. The molecule has 0 bridgehead atoms. The Labute approximate surface area is 197 Å². The highest BCUT2D eigenvalue weighted by molar-refractivity contribution is 14.0. The van der Waals surface area contributed by atoms with Crippen LogP contribution in [0.3, 0.4) is 0 Å². The van der Waals surface area contributed by atoms with Gasteiger partial charge in [-0.3, -0.25) is 0 Å². The normalized spacial score (nSPS) is 15.0. The van der Waals surface area contributed by atoms with E-state index in [0.29, 0.717) is 48.9 Å². The number of aliphatic imine (C=N–C) groups is 1. The molecule has 0 saturated carbocycles. The molecule has 1 aromatic carbocycles. The summed E-state index contributed by atoms with van der Waals surface area (Å²) in [4.78, 5) is 24.4. The predicted molar refractivity (Wildman–Crippen MR) is 125 cm³/mol. The molecular weight excluding hydrogens is 523 g/mol. The smallest absolute Gasteiger partial charge is 0.410 e. The Hall–Kier alpha value is -2.08. The average Bonchev–Trinajstić information content (AvgIpc) is 3.14. The Morgan fingerprint density at radius 2 is 1.93 bits per heavy atom. The molecule has 0 radical (unpaired) electrons. The summed E-state index contributed by atoms with van der Waals surface area (Å²) in [6.07, 6.45) is -0.313. The van der Waals surface area contributed by atoms with Crippen molar-refractivity contribution in [3.8, 4) is 11.4 Å². The zero-order valence-electron chi connectivity index (χ0n) is 17.2. The Balaban J connectivity index is 0.00000320. The minimum Gasteiger partial charge on any atom is -0.444 e. The second-order valence-corrected chi connectivity index (χ2v) is 8.09. The monoisotopic (exact) mass is 548 g/mol. The van der Waals surface area contributed by atoms with Crippen LogP contribution >= 0.6 is 35.6 Å². The SMILES string of the molecule is CC(C)(C)OC(=O)N1CCN(C(N)=NCc2nc(-c3cccc(Cl)c3)no2)CC1.I. The predicted octanol–water partition coefficient (Wildman–Crippen LogP) is 3.38. The Morgan fingerprint density at radius 1 is 1.27 bits per heavy atom. The number of piperazine rings is 1. The lowest BCUT2D eigenvalue weighted by atomic mass is 10.2. The molecule has 1 fully saturated rings. The third-order valence-corrected chi connectivity index (χ3v) is 4.42. The largest absolute Gasteiger partial charge is 0.444 e. The zero-order valence-corrected chi connectivity index (χ0v) is 20.3. The highest BCUT2D eigenvalue weighted by Gasteiger charge is 2.26. The number of nitrogens with two attached hydrogens (primary N) is 1. The molecule has 0 aliphatic carbocycles. The molecule has 1 aliphatic rings.